The maximum atomic E-state index is 4.93. The van der Waals surface area contributed by atoms with Gasteiger partial charge in [0, 0.05) is 0 Å². The van der Waals surface area contributed by atoms with Gasteiger partial charge in [0.2, 0.25) is 0 Å². The first-order valence-electron chi connectivity index (χ1n) is 15.0. The Bertz CT molecular complexity index is 1740. The van der Waals surface area contributed by atoms with Gasteiger partial charge < -0.3 is 0 Å². The summed E-state index contributed by atoms with van der Waals surface area (Å²) in [7, 11) is 9.87. The Hall–Kier alpha value is -2.44. The number of fused-ring (bicyclic) bond motifs is 2. The SMILES string of the molecule is CC(C)(C)c1ccc(-c2cccc3[cH-]ccc23)cc1.CCc1cc2c(-c3ccc(C(C)(C)C)cc3)cccc2[cH-]1.[Cl][Zr+2][Cl]. The fourth-order valence-corrected chi connectivity index (χ4v) is 5.47. The zero-order valence-corrected chi connectivity index (χ0v) is 30.4. The van der Waals surface area contributed by atoms with Gasteiger partial charge in [-0.2, -0.15) is 18.2 Å². The minimum absolute atomic E-state index is 0.209. The van der Waals surface area contributed by atoms with Crippen LogP contribution in [-0.4, -0.2) is 0 Å². The van der Waals surface area contributed by atoms with E-state index in [0.29, 0.717) is 0 Å². The standard InChI is InChI=1S/C21H23.C19H19.2ClH.Zr/c1-5-15-13-17-7-6-8-19(20(17)14-15)16-9-11-18(12-10-16)21(2,3)4;1-19(2,3)16-12-10-15(11-13-16)18-9-5-7-14-6-4-8-17(14)18;;;/h6-14H,5H2,1-4H3;4-13H,1-3H3;2*1H;/q2*-1;;;+4/p-2. The van der Waals surface area contributed by atoms with Crippen molar-refractivity contribution in [2.45, 2.75) is 65.7 Å². The number of hydrogen-bond donors (Lipinski definition) is 0. The molecule has 0 aromatic heterocycles. The zero-order chi connectivity index (χ0) is 31.2. The van der Waals surface area contributed by atoms with Crippen LogP contribution in [0.3, 0.4) is 0 Å². The van der Waals surface area contributed by atoms with E-state index in [1.54, 1.807) is 0 Å². The Morgan fingerprint density at radius 2 is 1.07 bits per heavy atom. The van der Waals surface area contributed by atoms with Gasteiger partial charge in [-0.3, -0.25) is 0 Å². The molecule has 0 unspecified atom stereocenters. The first-order valence-corrected chi connectivity index (χ1v) is 21.3. The van der Waals surface area contributed by atoms with Crippen LogP contribution < -0.4 is 0 Å². The Balaban J connectivity index is 0.000000181. The van der Waals surface area contributed by atoms with E-state index in [0.717, 1.165) is 6.42 Å². The minimum atomic E-state index is -0.826. The van der Waals surface area contributed by atoms with Crippen molar-refractivity contribution in [1.82, 2.24) is 0 Å². The second-order valence-electron chi connectivity index (χ2n) is 13.1. The van der Waals surface area contributed by atoms with Gasteiger partial charge >= 0.3 is 37.9 Å². The number of hydrogen-bond acceptors (Lipinski definition) is 0. The first-order chi connectivity index (χ1) is 20.5. The predicted octanol–water partition coefficient (Wildman–Crippen LogP) is 13.0. The monoisotopic (exact) mass is 682 g/mol. The van der Waals surface area contributed by atoms with Crippen molar-refractivity contribution in [2.24, 2.45) is 0 Å². The third kappa shape index (κ3) is 8.39. The quantitative estimate of drug-likeness (QED) is 0.163. The Kier molecular flexibility index (Phi) is 11.3. The molecule has 0 saturated heterocycles. The van der Waals surface area contributed by atoms with Crippen molar-refractivity contribution in [1.29, 1.82) is 0 Å². The molecule has 220 valence electrons. The molecule has 0 aliphatic heterocycles. The normalized spacial score (nSPS) is 11.4. The van der Waals surface area contributed by atoms with Crippen LogP contribution in [0.1, 0.15) is 65.2 Å². The van der Waals surface area contributed by atoms with Gasteiger partial charge in [-0.05, 0) is 39.5 Å². The van der Waals surface area contributed by atoms with Crippen LogP contribution in [0.25, 0.3) is 43.8 Å². The summed E-state index contributed by atoms with van der Waals surface area (Å²) >= 11 is -0.826. The molecule has 3 heteroatoms. The van der Waals surface area contributed by atoms with E-state index >= 15 is 0 Å². The van der Waals surface area contributed by atoms with Crippen molar-refractivity contribution in [3.05, 3.63) is 132 Å². The molecule has 0 aliphatic carbocycles. The van der Waals surface area contributed by atoms with Gasteiger partial charge in [-0.15, -0.1) is 63.5 Å². The van der Waals surface area contributed by atoms with Crippen molar-refractivity contribution >= 4 is 38.6 Å². The van der Waals surface area contributed by atoms with E-state index in [1.165, 1.54) is 60.5 Å². The summed E-state index contributed by atoms with van der Waals surface area (Å²) in [5.74, 6) is 0. The van der Waals surface area contributed by atoms with E-state index in [4.69, 9.17) is 17.0 Å². The number of benzene rings is 4. The molecule has 0 fully saturated rings. The molecule has 0 amide bonds. The van der Waals surface area contributed by atoms with Gasteiger partial charge in [0.1, 0.15) is 0 Å². The topological polar surface area (TPSA) is 0 Å². The molecule has 0 heterocycles. The maximum absolute atomic E-state index is 4.93. The third-order valence-electron chi connectivity index (χ3n) is 8.02. The van der Waals surface area contributed by atoms with Gasteiger partial charge in [-0.25, -0.2) is 0 Å². The molecular weight excluding hydrogens is 643 g/mol. The number of halogens is 2. The van der Waals surface area contributed by atoms with E-state index in [9.17, 15) is 0 Å². The third-order valence-corrected chi connectivity index (χ3v) is 8.02. The molecule has 43 heavy (non-hydrogen) atoms. The summed E-state index contributed by atoms with van der Waals surface area (Å²) in [5.41, 5.74) is 9.87. The fraction of sp³-hybridized carbons (Fsp3) is 0.250. The van der Waals surface area contributed by atoms with Crippen LogP contribution in [0.4, 0.5) is 0 Å². The van der Waals surface area contributed by atoms with Crippen molar-refractivity contribution in [3.8, 4) is 22.3 Å². The Morgan fingerprint density at radius 1 is 0.605 bits per heavy atom. The summed E-state index contributed by atoms with van der Waals surface area (Å²) in [6.45, 7) is 15.7. The second kappa shape index (κ2) is 14.6. The van der Waals surface area contributed by atoms with Crippen LogP contribution in [0.2, 0.25) is 0 Å². The molecule has 6 aromatic rings. The molecule has 6 rings (SSSR count). The molecule has 0 saturated carbocycles. The van der Waals surface area contributed by atoms with Crippen molar-refractivity contribution in [2.75, 3.05) is 0 Å². The fourth-order valence-electron chi connectivity index (χ4n) is 5.47. The number of rotatable bonds is 3. The summed E-state index contributed by atoms with van der Waals surface area (Å²) in [6.07, 6.45) is 1.09. The van der Waals surface area contributed by atoms with Crippen LogP contribution in [0.5, 0.6) is 0 Å². The molecule has 0 radical (unpaired) electrons. The van der Waals surface area contributed by atoms with Crippen molar-refractivity contribution in [3.63, 3.8) is 0 Å². The molecule has 0 atom stereocenters. The summed E-state index contributed by atoms with van der Waals surface area (Å²) < 4.78 is 0. The molecule has 0 nitrogen and oxygen atoms in total. The van der Waals surface area contributed by atoms with Crippen LogP contribution in [0.15, 0.2) is 115 Å². The first kappa shape index (κ1) is 33.5. The van der Waals surface area contributed by atoms with E-state index in [-0.39, 0.29) is 10.8 Å². The molecule has 0 bridgehead atoms. The van der Waals surface area contributed by atoms with Gasteiger partial charge in [-0.1, -0.05) is 120 Å². The zero-order valence-electron chi connectivity index (χ0n) is 26.4. The average Bonchev–Trinajstić information content (AvgIpc) is 3.64. The van der Waals surface area contributed by atoms with E-state index in [1.807, 2.05) is 0 Å². The van der Waals surface area contributed by atoms with E-state index in [2.05, 4.69) is 164 Å². The summed E-state index contributed by atoms with van der Waals surface area (Å²) in [5, 5.41) is 5.38. The molecule has 6 aromatic carbocycles. The molecular formula is C40H42Cl2Zr. The Labute approximate surface area is 277 Å². The van der Waals surface area contributed by atoms with Gasteiger partial charge in [0.25, 0.3) is 0 Å². The summed E-state index contributed by atoms with van der Waals surface area (Å²) in [6, 6.07) is 42.2. The average molecular weight is 685 g/mol. The number of aryl methyl sites for hydroxylation is 1. The van der Waals surface area contributed by atoms with E-state index < -0.39 is 20.8 Å². The van der Waals surface area contributed by atoms with Crippen molar-refractivity contribution < 1.29 is 20.8 Å². The second-order valence-corrected chi connectivity index (χ2v) is 16.8. The van der Waals surface area contributed by atoms with Crippen LogP contribution in [0, 0.1) is 0 Å². The summed E-state index contributed by atoms with van der Waals surface area (Å²) in [4.78, 5) is 0. The molecule has 0 spiro atoms. The van der Waals surface area contributed by atoms with Gasteiger partial charge in [0.05, 0.1) is 0 Å². The molecule has 0 N–H and O–H groups in total. The predicted molar refractivity (Wildman–Crippen MR) is 188 cm³/mol. The Morgan fingerprint density at radius 3 is 1.53 bits per heavy atom. The van der Waals surface area contributed by atoms with Crippen LogP contribution >= 0.6 is 17.0 Å². The molecule has 0 aliphatic rings. The van der Waals surface area contributed by atoms with Crippen LogP contribution in [-0.2, 0) is 38.1 Å². The van der Waals surface area contributed by atoms with Gasteiger partial charge in [0.15, 0.2) is 0 Å².